The SMILES string of the molecule is Cc1ccc(-c2nc(CSc3nnc(C(F)(F)F)n3N)cs2)cc1. The average Bonchev–Trinajstić information content (AvgIpc) is 3.12. The number of nitrogens with zero attached hydrogens (tertiary/aromatic N) is 4. The van der Waals surface area contributed by atoms with E-state index in [1.54, 1.807) is 0 Å². The van der Waals surface area contributed by atoms with Crippen LogP contribution in [-0.4, -0.2) is 19.9 Å². The van der Waals surface area contributed by atoms with Crippen LogP contribution in [0.4, 0.5) is 13.2 Å². The molecule has 1 aromatic carbocycles. The van der Waals surface area contributed by atoms with Crippen LogP contribution < -0.4 is 5.84 Å². The number of thiazole rings is 1. The van der Waals surface area contributed by atoms with E-state index in [2.05, 4.69) is 15.2 Å². The fraction of sp³-hybridized carbons (Fsp3) is 0.214. The zero-order valence-corrected chi connectivity index (χ0v) is 14.0. The van der Waals surface area contributed by atoms with Crippen molar-refractivity contribution in [2.75, 3.05) is 5.84 Å². The molecule has 10 heteroatoms. The molecule has 2 heterocycles. The van der Waals surface area contributed by atoms with Crippen molar-refractivity contribution < 1.29 is 13.2 Å². The summed E-state index contributed by atoms with van der Waals surface area (Å²) in [5.41, 5.74) is 2.91. The second-order valence-electron chi connectivity index (χ2n) is 4.97. The minimum Gasteiger partial charge on any atom is -0.335 e. The Hall–Kier alpha value is -2.07. The Bertz CT molecular complexity index is 839. The van der Waals surface area contributed by atoms with E-state index >= 15 is 0 Å². The summed E-state index contributed by atoms with van der Waals surface area (Å²) >= 11 is 2.54. The Morgan fingerprint density at radius 1 is 1.21 bits per heavy atom. The molecule has 2 N–H and O–H groups in total. The Morgan fingerprint density at radius 2 is 1.92 bits per heavy atom. The highest BCUT2D eigenvalue weighted by molar-refractivity contribution is 7.98. The van der Waals surface area contributed by atoms with Gasteiger partial charge in [-0.05, 0) is 6.92 Å². The number of benzene rings is 1. The highest BCUT2D eigenvalue weighted by Gasteiger charge is 2.38. The maximum Gasteiger partial charge on any atom is 0.453 e. The molecular weight excluding hydrogens is 359 g/mol. The van der Waals surface area contributed by atoms with Crippen LogP contribution in [0.1, 0.15) is 17.1 Å². The van der Waals surface area contributed by atoms with Gasteiger partial charge < -0.3 is 5.84 Å². The van der Waals surface area contributed by atoms with Gasteiger partial charge in [0.25, 0.3) is 5.82 Å². The predicted molar refractivity (Wildman–Crippen MR) is 87.0 cm³/mol. The molecule has 0 fully saturated rings. The highest BCUT2D eigenvalue weighted by Crippen LogP contribution is 2.31. The third kappa shape index (κ3) is 3.54. The van der Waals surface area contributed by atoms with Gasteiger partial charge in [-0.3, -0.25) is 0 Å². The van der Waals surface area contributed by atoms with E-state index in [4.69, 9.17) is 5.84 Å². The number of hydrogen-bond donors (Lipinski definition) is 1. The summed E-state index contributed by atoms with van der Waals surface area (Å²) in [5, 5.41) is 9.28. The summed E-state index contributed by atoms with van der Waals surface area (Å²) in [7, 11) is 0. The van der Waals surface area contributed by atoms with E-state index in [1.165, 1.54) is 11.3 Å². The van der Waals surface area contributed by atoms with Gasteiger partial charge in [0.2, 0.25) is 5.16 Å². The molecule has 3 rings (SSSR count). The van der Waals surface area contributed by atoms with Crippen molar-refractivity contribution >= 4 is 23.1 Å². The molecular formula is C14H12F3N5S2. The molecule has 0 radical (unpaired) electrons. The standard InChI is InChI=1S/C14H12F3N5S2/c1-8-2-4-9(5-3-8)11-19-10(6-23-11)7-24-13-21-20-12(22(13)18)14(15,16)17/h2-6H,7,18H2,1H3. The third-order valence-corrected chi connectivity index (χ3v) is 5.03. The van der Waals surface area contributed by atoms with Crippen molar-refractivity contribution in [3.63, 3.8) is 0 Å². The number of thioether (sulfide) groups is 1. The molecule has 0 saturated carbocycles. The zero-order valence-electron chi connectivity index (χ0n) is 12.4. The van der Waals surface area contributed by atoms with Crippen LogP contribution in [0.5, 0.6) is 0 Å². The Labute approximate surface area is 143 Å². The van der Waals surface area contributed by atoms with E-state index < -0.39 is 12.0 Å². The molecule has 2 aromatic heterocycles. The number of halogens is 3. The van der Waals surface area contributed by atoms with Crippen LogP contribution in [0, 0.1) is 6.92 Å². The molecule has 0 atom stereocenters. The lowest BCUT2D eigenvalue weighted by Gasteiger charge is -2.05. The van der Waals surface area contributed by atoms with Crippen LogP contribution in [-0.2, 0) is 11.9 Å². The van der Waals surface area contributed by atoms with Crippen LogP contribution in [0.15, 0.2) is 34.8 Å². The zero-order chi connectivity index (χ0) is 17.3. The van der Waals surface area contributed by atoms with Crippen molar-refractivity contribution in [3.8, 4) is 10.6 Å². The van der Waals surface area contributed by atoms with Crippen LogP contribution >= 0.6 is 23.1 Å². The summed E-state index contributed by atoms with van der Waals surface area (Å²) in [6.45, 7) is 2.01. The van der Waals surface area contributed by atoms with E-state index in [9.17, 15) is 13.2 Å². The molecule has 5 nitrogen and oxygen atoms in total. The van der Waals surface area contributed by atoms with Gasteiger partial charge in [0.05, 0.1) is 5.69 Å². The number of hydrogen-bond acceptors (Lipinski definition) is 6. The van der Waals surface area contributed by atoms with Gasteiger partial charge in [-0.15, -0.1) is 21.5 Å². The molecule has 0 amide bonds. The molecule has 24 heavy (non-hydrogen) atoms. The highest BCUT2D eigenvalue weighted by atomic mass is 32.2. The van der Waals surface area contributed by atoms with Gasteiger partial charge in [0.15, 0.2) is 0 Å². The summed E-state index contributed by atoms with van der Waals surface area (Å²) in [6, 6.07) is 7.97. The Balaban J connectivity index is 1.70. The minimum atomic E-state index is -4.63. The van der Waals surface area contributed by atoms with Crippen molar-refractivity contribution in [1.82, 2.24) is 19.9 Å². The van der Waals surface area contributed by atoms with Crippen molar-refractivity contribution in [3.05, 3.63) is 46.7 Å². The lowest BCUT2D eigenvalue weighted by atomic mass is 10.2. The van der Waals surface area contributed by atoms with Crippen LogP contribution in [0.3, 0.4) is 0 Å². The lowest BCUT2D eigenvalue weighted by molar-refractivity contribution is -0.146. The maximum atomic E-state index is 12.6. The monoisotopic (exact) mass is 371 g/mol. The number of nitrogen functional groups attached to an aromatic ring is 1. The molecule has 0 bridgehead atoms. The first-order valence-electron chi connectivity index (χ1n) is 6.76. The van der Waals surface area contributed by atoms with Crippen molar-refractivity contribution in [2.24, 2.45) is 0 Å². The normalized spacial score (nSPS) is 11.8. The smallest absolute Gasteiger partial charge is 0.335 e. The van der Waals surface area contributed by atoms with Crippen molar-refractivity contribution in [2.45, 2.75) is 24.0 Å². The molecule has 0 spiro atoms. The molecule has 3 aromatic rings. The average molecular weight is 371 g/mol. The lowest BCUT2D eigenvalue weighted by Crippen LogP contribution is -2.21. The van der Waals surface area contributed by atoms with Crippen LogP contribution in [0.25, 0.3) is 10.6 Å². The number of aryl methyl sites for hydroxylation is 1. The predicted octanol–water partition coefficient (Wildman–Crippen LogP) is 3.73. The Kier molecular flexibility index (Phi) is 4.50. The summed E-state index contributed by atoms with van der Waals surface area (Å²) in [4.78, 5) is 4.49. The molecule has 0 saturated heterocycles. The largest absolute Gasteiger partial charge is 0.453 e. The number of nitrogens with two attached hydrogens (primary N) is 1. The topological polar surface area (TPSA) is 69.6 Å². The second kappa shape index (κ2) is 6.44. The third-order valence-electron chi connectivity index (χ3n) is 3.12. The van der Waals surface area contributed by atoms with Gasteiger partial charge in [-0.2, -0.15) is 13.2 Å². The molecule has 0 aliphatic carbocycles. The molecule has 0 aliphatic rings. The quantitative estimate of drug-likeness (QED) is 0.559. The Morgan fingerprint density at radius 3 is 2.54 bits per heavy atom. The summed E-state index contributed by atoms with van der Waals surface area (Å²) in [5.74, 6) is 4.53. The molecule has 0 unspecified atom stereocenters. The number of rotatable bonds is 4. The van der Waals surface area contributed by atoms with E-state index in [0.29, 0.717) is 10.4 Å². The van der Waals surface area contributed by atoms with Gasteiger partial charge in [0, 0.05) is 16.7 Å². The summed E-state index contributed by atoms with van der Waals surface area (Å²) < 4.78 is 38.3. The second-order valence-corrected chi connectivity index (χ2v) is 6.77. The van der Waals surface area contributed by atoms with Gasteiger partial charge in [-0.1, -0.05) is 41.6 Å². The van der Waals surface area contributed by atoms with Crippen LogP contribution in [0.2, 0.25) is 0 Å². The minimum absolute atomic E-state index is 0.00721. The molecule has 126 valence electrons. The first-order chi connectivity index (χ1) is 11.3. The first kappa shape index (κ1) is 16.8. The summed E-state index contributed by atoms with van der Waals surface area (Å²) in [6.07, 6.45) is -4.63. The number of alkyl halides is 3. The van der Waals surface area contributed by atoms with Gasteiger partial charge in [-0.25, -0.2) is 9.66 Å². The van der Waals surface area contributed by atoms with Gasteiger partial charge in [0.1, 0.15) is 5.01 Å². The van der Waals surface area contributed by atoms with E-state index in [1.807, 2.05) is 36.6 Å². The maximum absolute atomic E-state index is 12.6. The first-order valence-corrected chi connectivity index (χ1v) is 8.63. The van der Waals surface area contributed by atoms with Crippen molar-refractivity contribution in [1.29, 1.82) is 0 Å². The van der Waals surface area contributed by atoms with E-state index in [-0.39, 0.29) is 5.16 Å². The fourth-order valence-electron chi connectivity index (χ4n) is 1.91. The van der Waals surface area contributed by atoms with Gasteiger partial charge >= 0.3 is 6.18 Å². The fourth-order valence-corrected chi connectivity index (χ4v) is 3.59. The number of aromatic nitrogens is 4. The van der Waals surface area contributed by atoms with E-state index in [0.717, 1.165) is 33.6 Å². The molecule has 0 aliphatic heterocycles.